The minimum Gasteiger partial charge on any atom is -0.478 e. The van der Waals surface area contributed by atoms with E-state index < -0.39 is 5.97 Å². The maximum atomic E-state index is 10.7. The number of aromatic carboxylic acids is 1. The summed E-state index contributed by atoms with van der Waals surface area (Å²) in [7, 11) is 0. The molecule has 2 N–H and O–H groups in total. The van der Waals surface area contributed by atoms with Crippen LogP contribution in [0.15, 0.2) is 18.2 Å². The van der Waals surface area contributed by atoms with Gasteiger partial charge in [0.1, 0.15) is 0 Å². The zero-order chi connectivity index (χ0) is 13.4. The number of benzene rings is 1. The summed E-state index contributed by atoms with van der Waals surface area (Å²) in [5.41, 5.74) is 2.05. The minimum absolute atomic E-state index is 0.100. The van der Waals surface area contributed by atoms with Crippen LogP contribution in [0.1, 0.15) is 42.3 Å². The van der Waals surface area contributed by atoms with Gasteiger partial charge in [-0.05, 0) is 30.2 Å². The molecular formula is C13H19NO3. The second-order valence-corrected chi connectivity index (χ2v) is 3.36. The zero-order valence-corrected chi connectivity index (χ0v) is 10.7. The number of aryl methyl sites for hydroxylation is 1. The molecule has 1 aromatic rings. The van der Waals surface area contributed by atoms with Gasteiger partial charge in [-0.3, -0.25) is 4.79 Å². The Kier molecular flexibility index (Phi) is 6.63. The third kappa shape index (κ3) is 5.15. The highest BCUT2D eigenvalue weighted by atomic mass is 16.4. The maximum absolute atomic E-state index is 10.7. The Balaban J connectivity index is 0.00000121. The highest BCUT2D eigenvalue weighted by Crippen LogP contribution is 2.10. The summed E-state index contributed by atoms with van der Waals surface area (Å²) < 4.78 is 0. The fourth-order valence-electron chi connectivity index (χ4n) is 1.25. The van der Waals surface area contributed by atoms with Gasteiger partial charge in [0.15, 0.2) is 0 Å². The number of amides is 1. The molecule has 0 aliphatic carbocycles. The molecule has 0 bridgehead atoms. The van der Waals surface area contributed by atoms with Crippen molar-refractivity contribution in [3.63, 3.8) is 0 Å². The second kappa shape index (κ2) is 7.44. The van der Waals surface area contributed by atoms with Gasteiger partial charge in [0.05, 0.1) is 5.56 Å². The van der Waals surface area contributed by atoms with E-state index in [0.717, 1.165) is 11.1 Å². The van der Waals surface area contributed by atoms with Gasteiger partial charge in [0, 0.05) is 13.5 Å². The summed E-state index contributed by atoms with van der Waals surface area (Å²) in [6.07, 6.45) is 0. The van der Waals surface area contributed by atoms with Gasteiger partial charge in [-0.25, -0.2) is 4.79 Å². The molecule has 0 aromatic heterocycles. The fraction of sp³-hybridized carbons (Fsp3) is 0.385. The standard InChI is InChI=1S/C11H13NO3.C2H6/c1-7-5-9(11(14)15)3-4-10(7)6-12-8(2)13;1-2/h3-5H,6H2,1-2H3,(H,12,13)(H,14,15);1-2H3. The van der Waals surface area contributed by atoms with Crippen LogP contribution < -0.4 is 5.32 Å². The number of carboxylic acids is 1. The Bertz CT molecular complexity index is 400. The van der Waals surface area contributed by atoms with Gasteiger partial charge in [-0.1, -0.05) is 19.9 Å². The first-order valence-electron chi connectivity index (χ1n) is 5.58. The molecule has 0 spiro atoms. The van der Waals surface area contributed by atoms with Crippen LogP contribution in [0.25, 0.3) is 0 Å². The number of nitrogens with one attached hydrogen (secondary N) is 1. The summed E-state index contributed by atoms with van der Waals surface area (Å²) in [5.74, 6) is -1.04. The summed E-state index contributed by atoms with van der Waals surface area (Å²) in [6, 6.07) is 4.85. The molecule has 1 rings (SSSR count). The summed E-state index contributed by atoms with van der Waals surface area (Å²) in [4.78, 5) is 21.4. The Morgan fingerprint density at radius 3 is 2.29 bits per heavy atom. The number of hydrogen-bond acceptors (Lipinski definition) is 2. The van der Waals surface area contributed by atoms with Gasteiger partial charge in [0.2, 0.25) is 5.91 Å². The number of rotatable bonds is 3. The molecule has 0 heterocycles. The molecule has 0 fully saturated rings. The second-order valence-electron chi connectivity index (χ2n) is 3.36. The van der Waals surface area contributed by atoms with E-state index >= 15 is 0 Å². The molecule has 94 valence electrons. The van der Waals surface area contributed by atoms with Gasteiger partial charge in [-0.2, -0.15) is 0 Å². The lowest BCUT2D eigenvalue weighted by atomic mass is 10.1. The molecule has 0 saturated carbocycles. The van der Waals surface area contributed by atoms with Crippen LogP contribution in [-0.4, -0.2) is 17.0 Å². The van der Waals surface area contributed by atoms with Crippen molar-refractivity contribution < 1.29 is 14.7 Å². The first-order chi connectivity index (χ1) is 8.00. The van der Waals surface area contributed by atoms with E-state index in [1.165, 1.54) is 13.0 Å². The molecule has 4 nitrogen and oxygen atoms in total. The van der Waals surface area contributed by atoms with Crippen molar-refractivity contribution >= 4 is 11.9 Å². The minimum atomic E-state index is -0.941. The van der Waals surface area contributed by atoms with Gasteiger partial charge in [0.25, 0.3) is 0 Å². The van der Waals surface area contributed by atoms with E-state index in [9.17, 15) is 9.59 Å². The topological polar surface area (TPSA) is 66.4 Å². The first kappa shape index (κ1) is 15.2. The van der Waals surface area contributed by atoms with Crippen molar-refractivity contribution in [2.45, 2.75) is 34.2 Å². The monoisotopic (exact) mass is 237 g/mol. The summed E-state index contributed by atoms with van der Waals surface area (Å²) in [5, 5.41) is 11.4. The van der Waals surface area contributed by atoms with Crippen molar-refractivity contribution in [2.75, 3.05) is 0 Å². The van der Waals surface area contributed by atoms with Crippen LogP contribution in [0, 0.1) is 6.92 Å². The SMILES string of the molecule is CC.CC(=O)NCc1ccc(C(=O)O)cc1C. The van der Waals surface area contributed by atoms with Crippen LogP contribution in [0.2, 0.25) is 0 Å². The lowest BCUT2D eigenvalue weighted by Crippen LogP contribution is -2.19. The predicted octanol–water partition coefficient (Wildman–Crippen LogP) is 2.36. The number of carbonyl (C=O) groups is 2. The first-order valence-corrected chi connectivity index (χ1v) is 5.58. The van der Waals surface area contributed by atoms with Gasteiger partial charge < -0.3 is 10.4 Å². The Morgan fingerprint density at radius 2 is 1.88 bits per heavy atom. The molecule has 0 unspecified atom stereocenters. The molecule has 1 amide bonds. The molecule has 0 aliphatic rings. The Hall–Kier alpha value is -1.84. The third-order valence-corrected chi connectivity index (χ3v) is 2.12. The number of carbonyl (C=O) groups excluding carboxylic acids is 1. The molecule has 0 atom stereocenters. The highest BCUT2D eigenvalue weighted by Gasteiger charge is 2.05. The zero-order valence-electron chi connectivity index (χ0n) is 10.7. The quantitative estimate of drug-likeness (QED) is 0.848. The third-order valence-electron chi connectivity index (χ3n) is 2.12. The maximum Gasteiger partial charge on any atom is 0.335 e. The van der Waals surface area contributed by atoms with Crippen LogP contribution in [0.4, 0.5) is 0 Å². The van der Waals surface area contributed by atoms with E-state index in [0.29, 0.717) is 6.54 Å². The van der Waals surface area contributed by atoms with Crippen LogP contribution >= 0.6 is 0 Å². The lowest BCUT2D eigenvalue weighted by molar-refractivity contribution is -0.119. The molecule has 17 heavy (non-hydrogen) atoms. The molecule has 1 aromatic carbocycles. The predicted molar refractivity (Wildman–Crippen MR) is 67.0 cm³/mol. The van der Waals surface area contributed by atoms with E-state index in [4.69, 9.17) is 5.11 Å². The molecule has 0 radical (unpaired) electrons. The smallest absolute Gasteiger partial charge is 0.335 e. The van der Waals surface area contributed by atoms with E-state index in [-0.39, 0.29) is 11.5 Å². The largest absolute Gasteiger partial charge is 0.478 e. The van der Waals surface area contributed by atoms with Crippen molar-refractivity contribution in [3.05, 3.63) is 34.9 Å². The number of hydrogen-bond donors (Lipinski definition) is 2. The van der Waals surface area contributed by atoms with Crippen molar-refractivity contribution in [1.29, 1.82) is 0 Å². The van der Waals surface area contributed by atoms with Crippen molar-refractivity contribution in [2.24, 2.45) is 0 Å². The van der Waals surface area contributed by atoms with Crippen molar-refractivity contribution in [1.82, 2.24) is 5.32 Å². The average molecular weight is 237 g/mol. The highest BCUT2D eigenvalue weighted by molar-refractivity contribution is 5.87. The summed E-state index contributed by atoms with van der Waals surface area (Å²) >= 11 is 0. The van der Waals surface area contributed by atoms with Gasteiger partial charge in [-0.15, -0.1) is 0 Å². The molecular weight excluding hydrogens is 218 g/mol. The molecule has 0 aliphatic heterocycles. The average Bonchev–Trinajstić information content (AvgIpc) is 2.29. The molecule has 4 heteroatoms. The van der Waals surface area contributed by atoms with E-state index in [1.54, 1.807) is 12.1 Å². The Labute approximate surface area is 102 Å². The van der Waals surface area contributed by atoms with E-state index in [2.05, 4.69) is 5.32 Å². The number of carboxylic acid groups (broad SMARTS) is 1. The van der Waals surface area contributed by atoms with Crippen LogP contribution in [0.3, 0.4) is 0 Å². The lowest BCUT2D eigenvalue weighted by Gasteiger charge is -2.07. The van der Waals surface area contributed by atoms with Crippen LogP contribution in [0.5, 0.6) is 0 Å². The normalized spacial score (nSPS) is 8.94. The van der Waals surface area contributed by atoms with Crippen LogP contribution in [-0.2, 0) is 11.3 Å². The molecule has 0 saturated heterocycles. The van der Waals surface area contributed by atoms with Crippen molar-refractivity contribution in [3.8, 4) is 0 Å². The van der Waals surface area contributed by atoms with Gasteiger partial charge >= 0.3 is 5.97 Å². The fourth-order valence-corrected chi connectivity index (χ4v) is 1.25. The van der Waals surface area contributed by atoms with E-state index in [1.807, 2.05) is 20.8 Å². The summed E-state index contributed by atoms with van der Waals surface area (Å²) in [6.45, 7) is 7.70. The Morgan fingerprint density at radius 1 is 1.29 bits per heavy atom.